The van der Waals surface area contributed by atoms with Crippen molar-refractivity contribution in [2.45, 2.75) is 18.4 Å². The molecule has 0 amide bonds. The van der Waals surface area contributed by atoms with E-state index in [0.29, 0.717) is 11.4 Å². The van der Waals surface area contributed by atoms with Gasteiger partial charge in [0.25, 0.3) is 0 Å². The van der Waals surface area contributed by atoms with E-state index in [2.05, 4.69) is 18.5 Å². The second kappa shape index (κ2) is 7.38. The van der Waals surface area contributed by atoms with E-state index in [1.807, 2.05) is 19.2 Å². The summed E-state index contributed by atoms with van der Waals surface area (Å²) in [5, 5.41) is 3.02. The molecule has 0 atom stereocenters. The van der Waals surface area contributed by atoms with Crippen LogP contribution in [0.15, 0.2) is 48.4 Å². The van der Waals surface area contributed by atoms with E-state index in [0.717, 1.165) is 11.1 Å². The van der Waals surface area contributed by atoms with Gasteiger partial charge in [0.1, 0.15) is 0 Å². The molecule has 0 heterocycles. The molecular weight excluding hydrogens is 272 g/mol. The Morgan fingerprint density at radius 3 is 2.35 bits per heavy atom. The molecule has 0 bridgehead atoms. The SMILES string of the molecule is C=CCN(CC=C)S(=O)(=O)c1cc(CNC)ccc1C. The monoisotopic (exact) mass is 294 g/mol. The minimum Gasteiger partial charge on any atom is -0.316 e. The van der Waals surface area contributed by atoms with Crippen LogP contribution in [0.2, 0.25) is 0 Å². The van der Waals surface area contributed by atoms with Crippen molar-refractivity contribution in [2.24, 2.45) is 0 Å². The van der Waals surface area contributed by atoms with Gasteiger partial charge in [-0.15, -0.1) is 13.2 Å². The molecule has 0 radical (unpaired) electrons. The highest BCUT2D eigenvalue weighted by Gasteiger charge is 2.24. The Balaban J connectivity index is 3.27. The highest BCUT2D eigenvalue weighted by molar-refractivity contribution is 7.89. The van der Waals surface area contributed by atoms with Crippen molar-refractivity contribution in [3.8, 4) is 0 Å². The molecule has 1 aromatic rings. The molecule has 0 saturated heterocycles. The Kier molecular flexibility index (Phi) is 6.13. The smallest absolute Gasteiger partial charge is 0.243 e. The van der Waals surface area contributed by atoms with Crippen LogP contribution >= 0.6 is 0 Å². The van der Waals surface area contributed by atoms with Gasteiger partial charge in [0.2, 0.25) is 10.0 Å². The van der Waals surface area contributed by atoms with Gasteiger partial charge < -0.3 is 5.32 Å². The largest absolute Gasteiger partial charge is 0.316 e. The van der Waals surface area contributed by atoms with E-state index < -0.39 is 10.0 Å². The summed E-state index contributed by atoms with van der Waals surface area (Å²) in [7, 11) is -1.70. The van der Waals surface area contributed by atoms with Crippen molar-refractivity contribution in [3.63, 3.8) is 0 Å². The van der Waals surface area contributed by atoms with Gasteiger partial charge in [-0.1, -0.05) is 24.3 Å². The molecule has 1 aromatic carbocycles. The minimum absolute atomic E-state index is 0.268. The quantitative estimate of drug-likeness (QED) is 0.747. The molecule has 0 aliphatic rings. The van der Waals surface area contributed by atoms with E-state index in [4.69, 9.17) is 0 Å². The Morgan fingerprint density at radius 2 is 1.85 bits per heavy atom. The third-order valence-corrected chi connectivity index (χ3v) is 4.89. The Bertz CT molecular complexity index is 570. The van der Waals surface area contributed by atoms with Crippen LogP contribution in [0.3, 0.4) is 0 Å². The number of aryl methyl sites for hydroxylation is 1. The maximum atomic E-state index is 12.7. The van der Waals surface area contributed by atoms with Gasteiger partial charge in [-0.3, -0.25) is 0 Å². The topological polar surface area (TPSA) is 49.4 Å². The zero-order chi connectivity index (χ0) is 15.2. The zero-order valence-corrected chi connectivity index (χ0v) is 12.9. The lowest BCUT2D eigenvalue weighted by Crippen LogP contribution is -2.32. The van der Waals surface area contributed by atoms with Gasteiger partial charge >= 0.3 is 0 Å². The number of rotatable bonds is 8. The molecule has 4 nitrogen and oxygen atoms in total. The van der Waals surface area contributed by atoms with Crippen molar-refractivity contribution in [1.29, 1.82) is 0 Å². The van der Waals surface area contributed by atoms with Crippen LogP contribution < -0.4 is 5.32 Å². The fourth-order valence-corrected chi connectivity index (χ4v) is 3.59. The van der Waals surface area contributed by atoms with Gasteiger partial charge in [0, 0.05) is 19.6 Å². The Labute approximate surface area is 121 Å². The first kappa shape index (κ1) is 16.6. The van der Waals surface area contributed by atoms with Crippen molar-refractivity contribution in [2.75, 3.05) is 20.1 Å². The van der Waals surface area contributed by atoms with E-state index in [9.17, 15) is 8.42 Å². The summed E-state index contributed by atoms with van der Waals surface area (Å²) in [6.45, 7) is 10.2. The maximum Gasteiger partial charge on any atom is 0.243 e. The molecule has 0 fully saturated rings. The number of nitrogens with one attached hydrogen (secondary N) is 1. The van der Waals surface area contributed by atoms with Crippen LogP contribution in [-0.4, -0.2) is 32.9 Å². The molecule has 0 aromatic heterocycles. The number of nitrogens with zero attached hydrogens (tertiary/aromatic N) is 1. The van der Waals surface area contributed by atoms with E-state index in [-0.39, 0.29) is 13.1 Å². The lowest BCUT2D eigenvalue weighted by molar-refractivity contribution is 0.473. The molecular formula is C15H22N2O2S. The molecule has 0 spiro atoms. The number of hydrogen-bond donors (Lipinski definition) is 1. The molecule has 20 heavy (non-hydrogen) atoms. The van der Waals surface area contributed by atoms with Crippen LogP contribution in [0, 0.1) is 6.92 Å². The summed E-state index contributed by atoms with van der Waals surface area (Å²) in [6, 6.07) is 5.48. The molecule has 1 rings (SSSR count). The first-order valence-corrected chi connectivity index (χ1v) is 7.87. The summed E-state index contributed by atoms with van der Waals surface area (Å²) >= 11 is 0. The molecule has 0 aliphatic carbocycles. The summed E-state index contributed by atoms with van der Waals surface area (Å²) in [5.41, 5.74) is 1.68. The fourth-order valence-electron chi connectivity index (χ4n) is 1.93. The fraction of sp³-hybridized carbons (Fsp3) is 0.333. The minimum atomic E-state index is -3.53. The first-order valence-electron chi connectivity index (χ1n) is 6.43. The zero-order valence-electron chi connectivity index (χ0n) is 12.1. The summed E-state index contributed by atoms with van der Waals surface area (Å²) in [6.07, 6.45) is 3.15. The highest BCUT2D eigenvalue weighted by Crippen LogP contribution is 2.21. The van der Waals surface area contributed by atoms with Crippen LogP contribution in [0.4, 0.5) is 0 Å². The second-order valence-electron chi connectivity index (χ2n) is 4.53. The number of hydrogen-bond acceptors (Lipinski definition) is 3. The van der Waals surface area contributed by atoms with Crippen molar-refractivity contribution >= 4 is 10.0 Å². The Morgan fingerprint density at radius 1 is 1.25 bits per heavy atom. The second-order valence-corrected chi connectivity index (χ2v) is 6.44. The molecule has 1 N–H and O–H groups in total. The summed E-state index contributed by atoms with van der Waals surface area (Å²) < 4.78 is 26.8. The molecule has 0 saturated carbocycles. The average molecular weight is 294 g/mol. The van der Waals surface area contributed by atoms with E-state index in [1.165, 1.54) is 4.31 Å². The first-order chi connectivity index (χ1) is 9.47. The highest BCUT2D eigenvalue weighted by atomic mass is 32.2. The predicted molar refractivity (Wildman–Crippen MR) is 83.1 cm³/mol. The average Bonchev–Trinajstić information content (AvgIpc) is 2.41. The maximum absolute atomic E-state index is 12.7. The lowest BCUT2D eigenvalue weighted by atomic mass is 10.1. The Hall–Kier alpha value is -1.43. The van der Waals surface area contributed by atoms with Crippen LogP contribution in [0.1, 0.15) is 11.1 Å². The van der Waals surface area contributed by atoms with Crippen molar-refractivity contribution in [3.05, 3.63) is 54.6 Å². The van der Waals surface area contributed by atoms with E-state index in [1.54, 1.807) is 25.1 Å². The van der Waals surface area contributed by atoms with E-state index >= 15 is 0 Å². The molecule has 5 heteroatoms. The molecule has 0 unspecified atom stereocenters. The standard InChI is InChI=1S/C15H22N2O2S/c1-5-9-17(10-6-2)20(18,19)15-11-14(12-16-4)8-7-13(15)3/h5-8,11,16H,1-2,9-10,12H2,3-4H3. The number of benzene rings is 1. The van der Waals surface area contributed by atoms with Gasteiger partial charge in [0.05, 0.1) is 4.90 Å². The van der Waals surface area contributed by atoms with Gasteiger partial charge in [-0.2, -0.15) is 4.31 Å². The van der Waals surface area contributed by atoms with Gasteiger partial charge in [-0.25, -0.2) is 8.42 Å². The van der Waals surface area contributed by atoms with Crippen LogP contribution in [-0.2, 0) is 16.6 Å². The molecule has 0 aliphatic heterocycles. The summed E-state index contributed by atoms with van der Waals surface area (Å²) in [4.78, 5) is 0.342. The van der Waals surface area contributed by atoms with Crippen molar-refractivity contribution < 1.29 is 8.42 Å². The van der Waals surface area contributed by atoms with Crippen LogP contribution in [0.25, 0.3) is 0 Å². The normalized spacial score (nSPS) is 11.6. The number of sulfonamides is 1. The van der Waals surface area contributed by atoms with Gasteiger partial charge in [-0.05, 0) is 31.2 Å². The molecule has 110 valence electrons. The van der Waals surface area contributed by atoms with Gasteiger partial charge in [0.15, 0.2) is 0 Å². The third kappa shape index (κ3) is 3.79. The summed E-state index contributed by atoms with van der Waals surface area (Å²) in [5.74, 6) is 0. The van der Waals surface area contributed by atoms with Crippen LogP contribution in [0.5, 0.6) is 0 Å². The van der Waals surface area contributed by atoms with Crippen molar-refractivity contribution in [1.82, 2.24) is 9.62 Å². The third-order valence-electron chi connectivity index (χ3n) is 2.92. The predicted octanol–water partition coefficient (Wildman–Crippen LogP) is 2.08. The lowest BCUT2D eigenvalue weighted by Gasteiger charge is -2.20.